The molecule has 0 aromatic heterocycles. The van der Waals surface area contributed by atoms with Crippen molar-refractivity contribution in [3.05, 3.63) is 28.3 Å². The summed E-state index contributed by atoms with van der Waals surface area (Å²) in [7, 11) is 0. The van der Waals surface area contributed by atoms with Crippen molar-refractivity contribution in [2.75, 3.05) is 31.2 Å². The second-order valence-electron chi connectivity index (χ2n) is 6.26. The Kier molecular flexibility index (Phi) is 6.63. The van der Waals surface area contributed by atoms with Gasteiger partial charge >= 0.3 is 0 Å². The second-order valence-corrected chi connectivity index (χ2v) is 6.67. The molecule has 2 rings (SSSR count). The topological polar surface area (TPSA) is 58.6 Å². The highest BCUT2D eigenvalue weighted by Crippen LogP contribution is 2.31. The SMILES string of the molecule is CC(=O)N(CCNC(=O)C1CCOCC1)c1c(C)cc(C)cc1Cl. The highest BCUT2D eigenvalue weighted by atomic mass is 35.5. The van der Waals surface area contributed by atoms with Crippen molar-refractivity contribution >= 4 is 29.1 Å². The molecule has 24 heavy (non-hydrogen) atoms. The predicted molar refractivity (Wildman–Crippen MR) is 95.5 cm³/mol. The van der Waals surface area contributed by atoms with E-state index in [2.05, 4.69) is 5.32 Å². The zero-order valence-electron chi connectivity index (χ0n) is 14.5. The van der Waals surface area contributed by atoms with E-state index in [0.29, 0.717) is 31.3 Å². The van der Waals surface area contributed by atoms with E-state index < -0.39 is 0 Å². The van der Waals surface area contributed by atoms with Crippen molar-refractivity contribution in [1.82, 2.24) is 5.32 Å². The number of rotatable bonds is 5. The fourth-order valence-corrected chi connectivity index (χ4v) is 3.49. The second kappa shape index (κ2) is 8.49. The zero-order chi connectivity index (χ0) is 17.7. The summed E-state index contributed by atoms with van der Waals surface area (Å²) < 4.78 is 5.27. The molecule has 1 aliphatic rings. The van der Waals surface area contributed by atoms with Crippen LogP contribution in [0.25, 0.3) is 0 Å². The monoisotopic (exact) mass is 352 g/mol. The van der Waals surface area contributed by atoms with Crippen molar-refractivity contribution in [1.29, 1.82) is 0 Å². The summed E-state index contributed by atoms with van der Waals surface area (Å²) >= 11 is 6.34. The highest BCUT2D eigenvalue weighted by molar-refractivity contribution is 6.34. The van der Waals surface area contributed by atoms with E-state index in [1.54, 1.807) is 4.90 Å². The molecule has 0 saturated carbocycles. The molecule has 0 unspecified atom stereocenters. The average molecular weight is 353 g/mol. The molecule has 132 valence electrons. The molecule has 0 radical (unpaired) electrons. The molecule has 1 N–H and O–H groups in total. The number of carbonyl (C=O) groups excluding carboxylic acids is 2. The van der Waals surface area contributed by atoms with Crippen LogP contribution in [0.15, 0.2) is 12.1 Å². The van der Waals surface area contributed by atoms with E-state index in [1.165, 1.54) is 6.92 Å². The first-order chi connectivity index (χ1) is 11.4. The first kappa shape index (κ1) is 18.7. The lowest BCUT2D eigenvalue weighted by Gasteiger charge is -2.26. The lowest BCUT2D eigenvalue weighted by atomic mass is 9.99. The molecular formula is C18H25ClN2O3. The summed E-state index contributed by atoms with van der Waals surface area (Å²) in [4.78, 5) is 25.8. The summed E-state index contributed by atoms with van der Waals surface area (Å²) in [6.07, 6.45) is 1.51. The number of nitrogens with one attached hydrogen (secondary N) is 1. The molecule has 1 heterocycles. The van der Waals surface area contributed by atoms with Crippen LogP contribution in [0.2, 0.25) is 5.02 Å². The van der Waals surface area contributed by atoms with Gasteiger partial charge in [0, 0.05) is 39.1 Å². The van der Waals surface area contributed by atoms with Crippen LogP contribution < -0.4 is 10.2 Å². The van der Waals surface area contributed by atoms with Gasteiger partial charge in [0.15, 0.2) is 0 Å². The van der Waals surface area contributed by atoms with Gasteiger partial charge in [-0.25, -0.2) is 0 Å². The maximum atomic E-state index is 12.2. The molecule has 1 aromatic carbocycles. The summed E-state index contributed by atoms with van der Waals surface area (Å²) in [6.45, 7) is 7.48. The van der Waals surface area contributed by atoms with Crippen LogP contribution in [0, 0.1) is 19.8 Å². The Bertz CT molecular complexity index is 589. The van der Waals surface area contributed by atoms with E-state index in [4.69, 9.17) is 16.3 Å². The third-order valence-corrected chi connectivity index (χ3v) is 4.56. The standard InChI is InChI=1S/C18H25ClN2O3/c1-12-10-13(2)17(16(19)11-12)21(14(3)22)7-6-20-18(23)15-4-8-24-9-5-15/h10-11,15H,4-9H2,1-3H3,(H,20,23). The smallest absolute Gasteiger partial charge is 0.223 e. The summed E-state index contributed by atoms with van der Waals surface area (Å²) in [6, 6.07) is 3.85. The zero-order valence-corrected chi connectivity index (χ0v) is 15.3. The minimum absolute atomic E-state index is 0.00854. The average Bonchev–Trinajstić information content (AvgIpc) is 2.53. The molecule has 1 aliphatic heterocycles. The Balaban J connectivity index is 1.99. The highest BCUT2D eigenvalue weighted by Gasteiger charge is 2.22. The predicted octanol–water partition coefficient (Wildman–Crippen LogP) is 2.85. The van der Waals surface area contributed by atoms with Crippen LogP contribution in [-0.4, -0.2) is 38.1 Å². The van der Waals surface area contributed by atoms with Gasteiger partial charge in [-0.3, -0.25) is 9.59 Å². The molecular weight excluding hydrogens is 328 g/mol. The fourth-order valence-electron chi connectivity index (χ4n) is 3.07. The van der Waals surface area contributed by atoms with E-state index in [1.807, 2.05) is 26.0 Å². The molecule has 1 aromatic rings. The maximum absolute atomic E-state index is 12.2. The molecule has 0 aliphatic carbocycles. The first-order valence-corrected chi connectivity index (χ1v) is 8.68. The summed E-state index contributed by atoms with van der Waals surface area (Å²) in [5.74, 6) is -0.0491. The Morgan fingerprint density at radius 1 is 1.29 bits per heavy atom. The molecule has 5 nitrogen and oxygen atoms in total. The molecule has 2 amide bonds. The number of halogens is 1. The Morgan fingerprint density at radius 2 is 1.96 bits per heavy atom. The number of hydrogen-bond acceptors (Lipinski definition) is 3. The van der Waals surface area contributed by atoms with Gasteiger partial charge in [0.25, 0.3) is 0 Å². The van der Waals surface area contributed by atoms with Gasteiger partial charge in [0.2, 0.25) is 11.8 Å². The van der Waals surface area contributed by atoms with Crippen molar-refractivity contribution in [2.24, 2.45) is 5.92 Å². The molecule has 0 spiro atoms. The van der Waals surface area contributed by atoms with Gasteiger partial charge in [0.1, 0.15) is 0 Å². The first-order valence-electron chi connectivity index (χ1n) is 8.30. The molecule has 0 bridgehead atoms. The van der Waals surface area contributed by atoms with E-state index in [-0.39, 0.29) is 17.7 Å². The third-order valence-electron chi connectivity index (χ3n) is 4.28. The van der Waals surface area contributed by atoms with Crippen LogP contribution in [0.5, 0.6) is 0 Å². The quantitative estimate of drug-likeness (QED) is 0.886. The minimum atomic E-state index is -0.0934. The van der Waals surface area contributed by atoms with E-state index >= 15 is 0 Å². The minimum Gasteiger partial charge on any atom is -0.381 e. The number of aryl methyl sites for hydroxylation is 2. The third kappa shape index (κ3) is 4.71. The maximum Gasteiger partial charge on any atom is 0.223 e. The lowest BCUT2D eigenvalue weighted by Crippen LogP contribution is -2.41. The van der Waals surface area contributed by atoms with E-state index in [9.17, 15) is 9.59 Å². The molecule has 0 atom stereocenters. The van der Waals surface area contributed by atoms with Crippen molar-refractivity contribution in [2.45, 2.75) is 33.6 Å². The number of amides is 2. The van der Waals surface area contributed by atoms with Crippen molar-refractivity contribution in [3.8, 4) is 0 Å². The number of nitrogens with zero attached hydrogens (tertiary/aromatic N) is 1. The van der Waals surface area contributed by atoms with Crippen LogP contribution in [-0.2, 0) is 14.3 Å². The summed E-state index contributed by atoms with van der Waals surface area (Å²) in [5.41, 5.74) is 2.72. The van der Waals surface area contributed by atoms with Gasteiger partial charge < -0.3 is 15.0 Å². The largest absolute Gasteiger partial charge is 0.381 e. The Morgan fingerprint density at radius 3 is 2.54 bits per heavy atom. The number of benzene rings is 1. The number of anilines is 1. The molecule has 6 heteroatoms. The Hall–Kier alpha value is -1.59. The van der Waals surface area contributed by atoms with Crippen LogP contribution in [0.4, 0.5) is 5.69 Å². The Labute approximate surface area is 148 Å². The fraction of sp³-hybridized carbons (Fsp3) is 0.556. The summed E-state index contributed by atoms with van der Waals surface area (Å²) in [5, 5.41) is 3.48. The van der Waals surface area contributed by atoms with Gasteiger partial charge in [-0.2, -0.15) is 0 Å². The number of ether oxygens (including phenoxy) is 1. The van der Waals surface area contributed by atoms with Crippen LogP contribution in [0.1, 0.15) is 30.9 Å². The van der Waals surface area contributed by atoms with Gasteiger partial charge in [0.05, 0.1) is 10.7 Å². The number of hydrogen-bond donors (Lipinski definition) is 1. The van der Waals surface area contributed by atoms with Gasteiger partial charge in [-0.05, 0) is 43.9 Å². The van der Waals surface area contributed by atoms with E-state index in [0.717, 1.165) is 29.7 Å². The van der Waals surface area contributed by atoms with Gasteiger partial charge in [-0.15, -0.1) is 0 Å². The van der Waals surface area contributed by atoms with Crippen LogP contribution in [0.3, 0.4) is 0 Å². The lowest BCUT2D eigenvalue weighted by molar-refractivity contribution is -0.127. The van der Waals surface area contributed by atoms with Crippen molar-refractivity contribution in [3.63, 3.8) is 0 Å². The van der Waals surface area contributed by atoms with Crippen molar-refractivity contribution < 1.29 is 14.3 Å². The molecule has 1 fully saturated rings. The normalized spacial score (nSPS) is 15.2. The van der Waals surface area contributed by atoms with Crippen LogP contribution >= 0.6 is 11.6 Å². The molecule has 1 saturated heterocycles. The number of carbonyl (C=O) groups is 2. The van der Waals surface area contributed by atoms with Gasteiger partial charge in [-0.1, -0.05) is 17.7 Å².